The van der Waals surface area contributed by atoms with Gasteiger partial charge in [-0.2, -0.15) is 0 Å². The maximum atomic E-state index is 15.0. The molecule has 1 amide bonds. The van der Waals surface area contributed by atoms with Gasteiger partial charge in [0.1, 0.15) is 11.7 Å². The average Bonchev–Trinajstić information content (AvgIpc) is 3.41. The van der Waals surface area contributed by atoms with Crippen LogP contribution < -0.4 is 5.73 Å². The van der Waals surface area contributed by atoms with E-state index in [2.05, 4.69) is 4.98 Å². The number of likely N-dealkylation sites (N-methyl/N-ethyl adjacent to an activating group) is 1. The van der Waals surface area contributed by atoms with E-state index < -0.39 is 23.5 Å². The minimum Gasteiger partial charge on any atom is -0.368 e. The van der Waals surface area contributed by atoms with Crippen molar-refractivity contribution >= 4 is 5.91 Å². The highest BCUT2D eigenvalue weighted by Gasteiger charge is 2.59. The number of amides is 1. The first-order valence-corrected chi connectivity index (χ1v) is 8.71. The van der Waals surface area contributed by atoms with E-state index in [1.54, 1.807) is 11.9 Å². The van der Waals surface area contributed by atoms with E-state index in [1.165, 1.54) is 18.4 Å². The van der Waals surface area contributed by atoms with Crippen molar-refractivity contribution in [2.24, 2.45) is 5.73 Å². The SMILES string of the molecule is CN1CC(F)C(c2ccc(C3CC3)cn2)C1(C(N)=O)c1ccccc1. The predicted molar refractivity (Wildman–Crippen MR) is 93.8 cm³/mol. The number of rotatable bonds is 4. The molecule has 2 aromatic rings. The molecule has 1 aromatic carbocycles. The van der Waals surface area contributed by atoms with Crippen molar-refractivity contribution in [2.45, 2.75) is 36.4 Å². The number of benzene rings is 1. The first kappa shape index (κ1) is 16.2. The van der Waals surface area contributed by atoms with Crippen LogP contribution in [0.15, 0.2) is 48.7 Å². The molecular formula is C20H22FN3O. The van der Waals surface area contributed by atoms with Gasteiger partial charge in [-0.1, -0.05) is 36.4 Å². The number of likely N-dealkylation sites (tertiary alicyclic amines) is 1. The predicted octanol–water partition coefficient (Wildman–Crippen LogP) is 2.71. The standard InChI is InChI=1S/C20H22FN3O/c1-24-12-16(21)18(17-10-9-14(11-23-17)13-7-8-13)20(24,19(22)25)15-5-3-2-4-6-15/h2-6,9-11,13,16,18H,7-8,12H2,1H3,(H2,22,25). The van der Waals surface area contributed by atoms with Gasteiger partial charge in [0.05, 0.1) is 5.92 Å². The molecule has 25 heavy (non-hydrogen) atoms. The summed E-state index contributed by atoms with van der Waals surface area (Å²) < 4.78 is 15.0. The lowest BCUT2D eigenvalue weighted by molar-refractivity contribution is -0.129. The van der Waals surface area contributed by atoms with E-state index in [4.69, 9.17) is 5.73 Å². The van der Waals surface area contributed by atoms with Crippen LogP contribution in [-0.4, -0.2) is 35.6 Å². The molecule has 5 heteroatoms. The minimum absolute atomic E-state index is 0.147. The van der Waals surface area contributed by atoms with Crippen LogP contribution in [0.5, 0.6) is 0 Å². The Morgan fingerprint density at radius 2 is 1.96 bits per heavy atom. The van der Waals surface area contributed by atoms with Gasteiger partial charge in [0.15, 0.2) is 0 Å². The van der Waals surface area contributed by atoms with Crippen molar-refractivity contribution in [1.82, 2.24) is 9.88 Å². The van der Waals surface area contributed by atoms with E-state index in [9.17, 15) is 4.79 Å². The van der Waals surface area contributed by atoms with Crippen LogP contribution >= 0.6 is 0 Å². The van der Waals surface area contributed by atoms with E-state index in [0.29, 0.717) is 17.2 Å². The van der Waals surface area contributed by atoms with Crippen LogP contribution in [0.3, 0.4) is 0 Å². The molecule has 1 saturated heterocycles. The van der Waals surface area contributed by atoms with Gasteiger partial charge in [0.2, 0.25) is 5.91 Å². The van der Waals surface area contributed by atoms with Gasteiger partial charge in [-0.15, -0.1) is 0 Å². The van der Waals surface area contributed by atoms with Crippen LogP contribution in [0.1, 0.15) is 41.5 Å². The summed E-state index contributed by atoms with van der Waals surface area (Å²) in [5.74, 6) is -0.672. The van der Waals surface area contributed by atoms with Crippen LogP contribution in [-0.2, 0) is 10.3 Å². The zero-order chi connectivity index (χ0) is 17.6. The topological polar surface area (TPSA) is 59.2 Å². The third-order valence-electron chi connectivity index (χ3n) is 5.63. The molecule has 4 nitrogen and oxygen atoms in total. The van der Waals surface area contributed by atoms with E-state index in [0.717, 1.165) is 0 Å². The Balaban J connectivity index is 1.83. The number of aromatic nitrogens is 1. The van der Waals surface area contributed by atoms with Crippen LogP contribution in [0.4, 0.5) is 4.39 Å². The van der Waals surface area contributed by atoms with Gasteiger partial charge in [-0.05, 0) is 43.0 Å². The fourth-order valence-electron chi connectivity index (χ4n) is 4.24. The van der Waals surface area contributed by atoms with Crippen LogP contribution in [0.2, 0.25) is 0 Å². The average molecular weight is 339 g/mol. The summed E-state index contributed by atoms with van der Waals surface area (Å²) in [6.07, 6.45) is 2.99. The molecule has 2 N–H and O–H groups in total. The van der Waals surface area contributed by atoms with Crippen molar-refractivity contribution in [1.29, 1.82) is 0 Å². The first-order valence-electron chi connectivity index (χ1n) is 8.71. The molecule has 2 heterocycles. The van der Waals surface area contributed by atoms with Crippen LogP contribution in [0.25, 0.3) is 0 Å². The molecule has 0 radical (unpaired) electrons. The Hall–Kier alpha value is -2.27. The number of alkyl halides is 1. The number of hydrogen-bond donors (Lipinski definition) is 1. The molecule has 1 aliphatic heterocycles. The maximum absolute atomic E-state index is 15.0. The highest BCUT2D eigenvalue weighted by atomic mass is 19.1. The second kappa shape index (κ2) is 5.92. The summed E-state index contributed by atoms with van der Waals surface area (Å²) in [7, 11) is 1.75. The molecule has 3 unspecified atom stereocenters. The summed E-state index contributed by atoms with van der Waals surface area (Å²) in [5, 5.41) is 0. The molecule has 0 bridgehead atoms. The number of nitrogens with zero attached hydrogens (tertiary/aromatic N) is 2. The second-order valence-corrected chi connectivity index (χ2v) is 7.16. The quantitative estimate of drug-likeness (QED) is 0.932. The van der Waals surface area contributed by atoms with Crippen molar-refractivity contribution in [3.05, 3.63) is 65.5 Å². The number of pyridine rings is 1. The maximum Gasteiger partial charge on any atom is 0.243 e. The molecular weight excluding hydrogens is 317 g/mol. The van der Waals surface area contributed by atoms with Crippen molar-refractivity contribution in [3.8, 4) is 0 Å². The normalized spacial score (nSPS) is 29.7. The Labute approximate surface area is 146 Å². The molecule has 1 saturated carbocycles. The summed E-state index contributed by atoms with van der Waals surface area (Å²) in [6, 6.07) is 13.1. The number of nitrogens with two attached hydrogens (primary N) is 1. The Morgan fingerprint density at radius 3 is 2.52 bits per heavy atom. The second-order valence-electron chi connectivity index (χ2n) is 7.16. The van der Waals surface area contributed by atoms with Gasteiger partial charge in [0.25, 0.3) is 0 Å². The van der Waals surface area contributed by atoms with Gasteiger partial charge in [-0.3, -0.25) is 14.7 Å². The zero-order valence-electron chi connectivity index (χ0n) is 14.2. The lowest BCUT2D eigenvalue weighted by atomic mass is 9.75. The molecule has 1 aromatic heterocycles. The van der Waals surface area contributed by atoms with E-state index in [-0.39, 0.29) is 6.54 Å². The molecule has 2 fully saturated rings. The molecule has 1 aliphatic carbocycles. The largest absolute Gasteiger partial charge is 0.368 e. The van der Waals surface area contributed by atoms with Crippen molar-refractivity contribution < 1.29 is 9.18 Å². The molecule has 0 spiro atoms. The van der Waals surface area contributed by atoms with Crippen LogP contribution in [0, 0.1) is 0 Å². The molecule has 4 rings (SSSR count). The smallest absolute Gasteiger partial charge is 0.243 e. The number of carbonyl (C=O) groups is 1. The summed E-state index contributed by atoms with van der Waals surface area (Å²) >= 11 is 0. The molecule has 3 atom stereocenters. The van der Waals surface area contributed by atoms with Crippen molar-refractivity contribution in [3.63, 3.8) is 0 Å². The Kier molecular flexibility index (Phi) is 3.84. The molecule has 2 aliphatic rings. The highest BCUT2D eigenvalue weighted by molar-refractivity contribution is 5.88. The highest BCUT2D eigenvalue weighted by Crippen LogP contribution is 2.49. The lowest BCUT2D eigenvalue weighted by Gasteiger charge is -2.38. The van der Waals surface area contributed by atoms with Gasteiger partial charge < -0.3 is 5.73 Å². The summed E-state index contributed by atoms with van der Waals surface area (Å²) in [5.41, 5.74) is 7.12. The molecule has 130 valence electrons. The third-order valence-corrected chi connectivity index (χ3v) is 5.63. The van der Waals surface area contributed by atoms with E-state index >= 15 is 4.39 Å². The Bertz CT molecular complexity index is 775. The van der Waals surface area contributed by atoms with Gasteiger partial charge in [-0.25, -0.2) is 4.39 Å². The summed E-state index contributed by atoms with van der Waals surface area (Å²) in [6.45, 7) is 0.147. The fourth-order valence-corrected chi connectivity index (χ4v) is 4.24. The van der Waals surface area contributed by atoms with Gasteiger partial charge in [0, 0.05) is 18.4 Å². The Morgan fingerprint density at radius 1 is 1.24 bits per heavy atom. The van der Waals surface area contributed by atoms with Gasteiger partial charge >= 0.3 is 0 Å². The third kappa shape index (κ3) is 2.45. The number of primary amides is 1. The zero-order valence-corrected chi connectivity index (χ0v) is 14.2. The lowest BCUT2D eigenvalue weighted by Crippen LogP contribution is -2.53. The monoisotopic (exact) mass is 339 g/mol. The fraction of sp³-hybridized carbons (Fsp3) is 0.400. The number of carbonyl (C=O) groups excluding carboxylic acids is 1. The number of halogens is 1. The van der Waals surface area contributed by atoms with Crippen molar-refractivity contribution in [2.75, 3.05) is 13.6 Å². The first-order chi connectivity index (χ1) is 12.0. The van der Waals surface area contributed by atoms with E-state index in [1.807, 2.05) is 48.7 Å². The summed E-state index contributed by atoms with van der Waals surface area (Å²) in [4.78, 5) is 18.9. The number of hydrogen-bond acceptors (Lipinski definition) is 3. The minimum atomic E-state index is -1.23.